The number of esters is 1. The first-order valence-corrected chi connectivity index (χ1v) is 5.85. The van der Waals surface area contributed by atoms with Gasteiger partial charge in [0.15, 0.2) is 0 Å². The number of ether oxygens (including phenoxy) is 2. The Hall–Kier alpha value is -2.04. The summed E-state index contributed by atoms with van der Waals surface area (Å²) in [6.07, 6.45) is 1.64. The van der Waals surface area contributed by atoms with E-state index in [9.17, 15) is 4.79 Å². The van der Waals surface area contributed by atoms with Gasteiger partial charge in [0.05, 0.1) is 25.1 Å². The molecule has 5 nitrogen and oxygen atoms in total. The van der Waals surface area contributed by atoms with E-state index in [2.05, 4.69) is 16.9 Å². The Morgan fingerprint density at radius 3 is 2.72 bits per heavy atom. The van der Waals surface area contributed by atoms with Crippen LogP contribution in [0.4, 0.5) is 5.69 Å². The highest BCUT2D eigenvalue weighted by Crippen LogP contribution is 2.11. The number of nitrogens with one attached hydrogen (secondary N) is 1. The standard InChI is InChI=1S/C13H18N2O3/c1-4-17-12-7-6-11(9-15-12)14-8-10(3)13(16)18-5-2/h6-7,9,14H,3-5,8H2,1-2H3. The van der Waals surface area contributed by atoms with E-state index in [1.54, 1.807) is 19.2 Å². The fourth-order valence-electron chi connectivity index (χ4n) is 1.23. The molecule has 0 spiro atoms. The SMILES string of the molecule is C=C(CNc1ccc(OCC)nc1)C(=O)OCC. The molecule has 0 aliphatic rings. The van der Waals surface area contributed by atoms with Crippen LogP contribution >= 0.6 is 0 Å². The van der Waals surface area contributed by atoms with Crippen molar-refractivity contribution in [3.8, 4) is 5.88 Å². The number of rotatable bonds is 7. The van der Waals surface area contributed by atoms with Crippen LogP contribution in [0, 0.1) is 0 Å². The smallest absolute Gasteiger partial charge is 0.335 e. The van der Waals surface area contributed by atoms with Crippen LogP contribution in [0.3, 0.4) is 0 Å². The molecular formula is C13H18N2O3. The van der Waals surface area contributed by atoms with Crippen molar-refractivity contribution in [1.82, 2.24) is 4.98 Å². The highest BCUT2D eigenvalue weighted by molar-refractivity contribution is 5.88. The van der Waals surface area contributed by atoms with E-state index in [1.807, 2.05) is 13.0 Å². The summed E-state index contributed by atoms with van der Waals surface area (Å²) in [6.45, 7) is 8.57. The average molecular weight is 250 g/mol. The molecule has 1 heterocycles. The first-order valence-electron chi connectivity index (χ1n) is 5.85. The second-order valence-electron chi connectivity index (χ2n) is 3.50. The molecule has 1 aromatic heterocycles. The van der Waals surface area contributed by atoms with Crippen molar-refractivity contribution in [3.05, 3.63) is 30.5 Å². The Balaban J connectivity index is 2.43. The average Bonchev–Trinajstić information content (AvgIpc) is 2.38. The van der Waals surface area contributed by atoms with Crippen molar-refractivity contribution < 1.29 is 14.3 Å². The van der Waals surface area contributed by atoms with Crippen molar-refractivity contribution in [3.63, 3.8) is 0 Å². The molecule has 5 heteroatoms. The molecule has 1 aromatic rings. The lowest BCUT2D eigenvalue weighted by Gasteiger charge is -2.08. The summed E-state index contributed by atoms with van der Waals surface area (Å²) in [5, 5.41) is 3.03. The third kappa shape index (κ3) is 4.45. The summed E-state index contributed by atoms with van der Waals surface area (Å²) in [5.41, 5.74) is 1.18. The van der Waals surface area contributed by atoms with Gasteiger partial charge in [-0.1, -0.05) is 6.58 Å². The predicted octanol–water partition coefficient (Wildman–Crippen LogP) is 2.01. The minimum Gasteiger partial charge on any atom is -0.478 e. The second kappa shape index (κ2) is 7.32. The highest BCUT2D eigenvalue weighted by Gasteiger charge is 2.07. The molecule has 0 aliphatic heterocycles. The van der Waals surface area contributed by atoms with E-state index in [4.69, 9.17) is 9.47 Å². The number of nitrogens with zero attached hydrogens (tertiary/aromatic N) is 1. The number of carbonyl (C=O) groups is 1. The van der Waals surface area contributed by atoms with Gasteiger partial charge in [0.2, 0.25) is 5.88 Å². The van der Waals surface area contributed by atoms with Crippen LogP contribution in [-0.2, 0) is 9.53 Å². The van der Waals surface area contributed by atoms with Gasteiger partial charge in [-0.2, -0.15) is 0 Å². The number of aromatic nitrogens is 1. The topological polar surface area (TPSA) is 60.5 Å². The number of carbonyl (C=O) groups excluding carboxylic acids is 1. The predicted molar refractivity (Wildman–Crippen MR) is 69.7 cm³/mol. The van der Waals surface area contributed by atoms with Gasteiger partial charge < -0.3 is 14.8 Å². The molecule has 1 rings (SSSR count). The Kier molecular flexibility index (Phi) is 5.70. The van der Waals surface area contributed by atoms with Gasteiger partial charge in [0.25, 0.3) is 0 Å². The summed E-state index contributed by atoms with van der Waals surface area (Å²) in [5.74, 6) is 0.191. The van der Waals surface area contributed by atoms with Crippen molar-refractivity contribution in [2.75, 3.05) is 25.1 Å². The van der Waals surface area contributed by atoms with Crippen LogP contribution in [0.15, 0.2) is 30.5 Å². The first-order chi connectivity index (χ1) is 8.67. The summed E-state index contributed by atoms with van der Waals surface area (Å²) in [4.78, 5) is 15.4. The Morgan fingerprint density at radius 1 is 1.39 bits per heavy atom. The molecule has 0 unspecified atom stereocenters. The molecule has 0 aliphatic carbocycles. The van der Waals surface area contributed by atoms with Crippen LogP contribution in [0.5, 0.6) is 5.88 Å². The van der Waals surface area contributed by atoms with E-state index in [0.29, 0.717) is 31.2 Å². The maximum Gasteiger partial charge on any atom is 0.335 e. The van der Waals surface area contributed by atoms with E-state index in [-0.39, 0.29) is 5.97 Å². The van der Waals surface area contributed by atoms with Crippen LogP contribution in [0.2, 0.25) is 0 Å². The van der Waals surface area contributed by atoms with Crippen LogP contribution in [0.1, 0.15) is 13.8 Å². The van der Waals surface area contributed by atoms with Gasteiger partial charge in [-0.05, 0) is 19.9 Å². The minimum absolute atomic E-state index is 0.328. The molecule has 1 N–H and O–H groups in total. The van der Waals surface area contributed by atoms with Gasteiger partial charge >= 0.3 is 5.97 Å². The number of pyridine rings is 1. The van der Waals surface area contributed by atoms with E-state index in [0.717, 1.165) is 5.69 Å². The van der Waals surface area contributed by atoms with Gasteiger partial charge in [-0.25, -0.2) is 9.78 Å². The monoisotopic (exact) mass is 250 g/mol. The van der Waals surface area contributed by atoms with Crippen molar-refractivity contribution in [2.45, 2.75) is 13.8 Å². The van der Waals surface area contributed by atoms with Crippen molar-refractivity contribution in [2.24, 2.45) is 0 Å². The van der Waals surface area contributed by atoms with Crippen molar-refractivity contribution in [1.29, 1.82) is 0 Å². The molecule has 0 amide bonds. The molecule has 0 saturated heterocycles. The van der Waals surface area contributed by atoms with Crippen molar-refractivity contribution >= 4 is 11.7 Å². The zero-order chi connectivity index (χ0) is 13.4. The molecular weight excluding hydrogens is 232 g/mol. The van der Waals surface area contributed by atoms with Gasteiger partial charge in [-0.3, -0.25) is 0 Å². The zero-order valence-corrected chi connectivity index (χ0v) is 10.7. The molecule has 98 valence electrons. The molecule has 0 aromatic carbocycles. The van der Waals surface area contributed by atoms with Gasteiger partial charge in [0.1, 0.15) is 0 Å². The first kappa shape index (κ1) is 14.0. The van der Waals surface area contributed by atoms with Crippen LogP contribution in [0.25, 0.3) is 0 Å². The van der Waals surface area contributed by atoms with Gasteiger partial charge in [-0.15, -0.1) is 0 Å². The molecule has 0 atom stereocenters. The molecule has 18 heavy (non-hydrogen) atoms. The fourth-order valence-corrected chi connectivity index (χ4v) is 1.23. The minimum atomic E-state index is -0.385. The summed E-state index contributed by atoms with van der Waals surface area (Å²) < 4.78 is 10.1. The third-order valence-corrected chi connectivity index (χ3v) is 2.10. The number of hydrogen-bond donors (Lipinski definition) is 1. The molecule has 0 radical (unpaired) electrons. The third-order valence-electron chi connectivity index (χ3n) is 2.10. The van der Waals surface area contributed by atoms with Crippen LogP contribution in [-0.4, -0.2) is 30.7 Å². The lowest BCUT2D eigenvalue weighted by Crippen LogP contribution is -2.14. The number of anilines is 1. The molecule has 0 saturated carbocycles. The molecule has 0 fully saturated rings. The fraction of sp³-hybridized carbons (Fsp3) is 0.385. The molecule has 0 bridgehead atoms. The normalized spacial score (nSPS) is 9.67. The van der Waals surface area contributed by atoms with E-state index >= 15 is 0 Å². The van der Waals surface area contributed by atoms with E-state index in [1.165, 1.54) is 0 Å². The lowest BCUT2D eigenvalue weighted by molar-refractivity contribution is -0.138. The lowest BCUT2D eigenvalue weighted by atomic mass is 10.3. The highest BCUT2D eigenvalue weighted by atomic mass is 16.5. The Labute approximate surface area is 107 Å². The van der Waals surface area contributed by atoms with Gasteiger partial charge in [0, 0.05) is 18.2 Å². The summed E-state index contributed by atoms with van der Waals surface area (Å²) >= 11 is 0. The summed E-state index contributed by atoms with van der Waals surface area (Å²) in [6, 6.07) is 3.59. The largest absolute Gasteiger partial charge is 0.478 e. The van der Waals surface area contributed by atoms with Crippen LogP contribution < -0.4 is 10.1 Å². The number of hydrogen-bond acceptors (Lipinski definition) is 5. The zero-order valence-electron chi connectivity index (χ0n) is 10.7. The Morgan fingerprint density at radius 2 is 2.17 bits per heavy atom. The van der Waals surface area contributed by atoms with E-state index < -0.39 is 0 Å². The Bertz CT molecular complexity index is 401. The summed E-state index contributed by atoms with van der Waals surface area (Å²) in [7, 11) is 0. The quantitative estimate of drug-likeness (QED) is 0.592. The second-order valence-corrected chi connectivity index (χ2v) is 3.50. The maximum atomic E-state index is 11.3. The maximum absolute atomic E-state index is 11.3.